The quantitative estimate of drug-likeness (QED) is 0.0457. The lowest BCUT2D eigenvalue weighted by molar-refractivity contribution is -0.138. The first kappa shape index (κ1) is 61.1. The van der Waals surface area contributed by atoms with Crippen LogP contribution in [0.2, 0.25) is 0 Å². The highest BCUT2D eigenvalue weighted by atomic mass is 16.6. The van der Waals surface area contributed by atoms with Crippen molar-refractivity contribution in [1.29, 1.82) is 0 Å². The topological polar surface area (TPSA) is 270 Å². The maximum atomic E-state index is 12.9. The van der Waals surface area contributed by atoms with Crippen LogP contribution in [0.4, 0.5) is 5.82 Å². The largest absolute Gasteiger partial charge is 0.396 e. The Morgan fingerprint density at radius 3 is 1.79 bits per heavy atom. The first-order chi connectivity index (χ1) is 36.6. The Morgan fingerprint density at radius 1 is 0.693 bits per heavy atom. The van der Waals surface area contributed by atoms with Crippen LogP contribution < -0.4 is 11.1 Å². The smallest absolute Gasteiger partial charge is 0.253 e. The molecule has 420 valence electrons. The molecule has 3 aromatic rings. The number of hydrogen-bond acceptors (Lipinski definition) is 19. The molecule has 1 saturated heterocycles. The van der Waals surface area contributed by atoms with Gasteiger partial charge in [0, 0.05) is 81.7 Å². The fraction of sp³-hybridized carbons (Fsp3) is 0.692. The molecule has 5 N–H and O–H groups in total. The Morgan fingerprint density at radius 2 is 1.24 bits per heavy atom. The van der Waals surface area contributed by atoms with Crippen molar-refractivity contribution in [1.82, 2.24) is 34.6 Å². The molecule has 75 heavy (non-hydrogen) atoms. The number of anilines is 1. The van der Waals surface area contributed by atoms with Crippen molar-refractivity contribution in [2.45, 2.75) is 59.1 Å². The second-order valence-electron chi connectivity index (χ2n) is 18.5. The molecule has 2 aromatic heterocycles. The lowest BCUT2D eigenvalue weighted by Crippen LogP contribution is -2.48. The SMILES string of the molecule is CCOCc1nc2c(N)nc3cc(CCCN4CCN(C(=O)CCCNC(=O)CCOCCOCCOCCOCCOCCOCCOCCOCCN5C(=O)C=CC5=O)CC4)ccc3c2n1CC(C)(CO)CO. The van der Waals surface area contributed by atoms with Gasteiger partial charge in [0.25, 0.3) is 11.8 Å². The minimum Gasteiger partial charge on any atom is -0.396 e. The van der Waals surface area contributed by atoms with Crippen molar-refractivity contribution in [3.8, 4) is 0 Å². The van der Waals surface area contributed by atoms with E-state index in [9.17, 15) is 29.4 Å². The number of aliphatic hydroxyl groups is 2. The summed E-state index contributed by atoms with van der Waals surface area (Å²) in [5, 5.41) is 24.0. The van der Waals surface area contributed by atoms with Crippen LogP contribution in [0.3, 0.4) is 0 Å². The Balaban J connectivity index is 0.780. The van der Waals surface area contributed by atoms with Crippen molar-refractivity contribution < 1.29 is 72.0 Å². The molecule has 23 heteroatoms. The van der Waals surface area contributed by atoms with Crippen LogP contribution in [-0.2, 0) is 81.4 Å². The monoisotopic (exact) mass is 1060 g/mol. The molecule has 0 spiro atoms. The zero-order chi connectivity index (χ0) is 53.5. The molecule has 0 aliphatic carbocycles. The fourth-order valence-corrected chi connectivity index (χ4v) is 8.22. The number of rotatable bonds is 42. The van der Waals surface area contributed by atoms with E-state index in [1.807, 2.05) is 23.3 Å². The van der Waals surface area contributed by atoms with Gasteiger partial charge in [0.15, 0.2) is 5.82 Å². The lowest BCUT2D eigenvalue weighted by atomic mass is 9.92. The van der Waals surface area contributed by atoms with E-state index >= 15 is 0 Å². The summed E-state index contributed by atoms with van der Waals surface area (Å²) in [6.07, 6.45) is 5.50. The Hall–Kier alpha value is -4.76. The number of aryl methyl sites for hydroxylation is 1. The number of aromatic nitrogens is 3. The number of nitrogen functional groups attached to an aromatic ring is 1. The number of nitrogens with two attached hydrogens (primary N) is 1. The third-order valence-corrected chi connectivity index (χ3v) is 12.6. The van der Waals surface area contributed by atoms with Crippen molar-refractivity contribution in [2.24, 2.45) is 5.41 Å². The maximum absolute atomic E-state index is 12.9. The minimum atomic E-state index is -0.771. The van der Waals surface area contributed by atoms with Crippen LogP contribution in [0, 0.1) is 5.41 Å². The molecule has 0 atom stereocenters. The van der Waals surface area contributed by atoms with Crippen LogP contribution in [0.1, 0.15) is 50.9 Å². The molecule has 1 fully saturated rings. The van der Waals surface area contributed by atoms with Gasteiger partial charge in [-0.2, -0.15) is 0 Å². The first-order valence-electron chi connectivity index (χ1n) is 26.3. The molecule has 2 aliphatic heterocycles. The summed E-state index contributed by atoms with van der Waals surface area (Å²) in [5.41, 5.74) is 9.00. The van der Waals surface area contributed by atoms with Crippen molar-refractivity contribution in [3.05, 3.63) is 41.7 Å². The van der Waals surface area contributed by atoms with E-state index in [4.69, 9.17) is 58.3 Å². The summed E-state index contributed by atoms with van der Waals surface area (Å²) in [5.74, 6) is 0.350. The van der Waals surface area contributed by atoms with E-state index in [0.717, 1.165) is 59.4 Å². The molecule has 4 heterocycles. The Bertz CT molecular complexity index is 2180. The van der Waals surface area contributed by atoms with Gasteiger partial charge >= 0.3 is 0 Å². The number of nitrogens with one attached hydrogen (secondary N) is 1. The summed E-state index contributed by atoms with van der Waals surface area (Å²) < 4.78 is 51.5. The standard InChI is InChI=1S/C52H82N8O15/c1-3-67-37-44-56-49-50(60(44)38-52(2,39-61)40-62)42-9-8-41(36-43(42)55-51(49)53)6-5-14-57-15-17-58(18-16-57)46(64)7-4-13-54-45(63)12-20-68-22-24-70-26-28-72-30-32-74-34-35-75-33-31-73-29-27-71-25-23-69-21-19-59-47(65)10-11-48(59)66/h8-11,36,61-62H,3-7,12-35,37-40H2,1-2H3,(H2,53,55)(H,54,63). The van der Waals surface area contributed by atoms with Gasteiger partial charge in [-0.3, -0.25) is 29.0 Å². The van der Waals surface area contributed by atoms with E-state index in [2.05, 4.69) is 28.4 Å². The minimum absolute atomic E-state index is 0.109. The average molecular weight is 1060 g/mol. The summed E-state index contributed by atoms with van der Waals surface area (Å²) in [4.78, 5) is 63.1. The number of piperazine rings is 1. The second kappa shape index (κ2) is 34.8. The third kappa shape index (κ3) is 21.7. The lowest BCUT2D eigenvalue weighted by Gasteiger charge is -2.34. The van der Waals surface area contributed by atoms with Crippen LogP contribution in [0.5, 0.6) is 0 Å². The van der Waals surface area contributed by atoms with Crippen molar-refractivity contribution in [3.63, 3.8) is 0 Å². The molecular formula is C52H82N8O15. The number of hydrogen-bond donors (Lipinski definition) is 4. The molecule has 1 aromatic carbocycles. The molecule has 5 rings (SSSR count). The number of ether oxygens (including phenoxy) is 9. The molecule has 0 unspecified atom stereocenters. The molecule has 0 saturated carbocycles. The number of nitrogens with zero attached hydrogens (tertiary/aromatic N) is 6. The van der Waals surface area contributed by atoms with Gasteiger partial charge in [0.2, 0.25) is 11.8 Å². The Kier molecular flexibility index (Phi) is 28.4. The Labute approximate surface area is 440 Å². The van der Waals surface area contributed by atoms with Crippen molar-refractivity contribution in [2.75, 3.05) is 177 Å². The van der Waals surface area contributed by atoms with Gasteiger partial charge < -0.3 is 73.4 Å². The van der Waals surface area contributed by atoms with Gasteiger partial charge in [-0.1, -0.05) is 19.1 Å². The fourth-order valence-electron chi connectivity index (χ4n) is 8.22. The number of fused-ring (bicyclic) bond motifs is 3. The van der Waals surface area contributed by atoms with Crippen LogP contribution in [0.25, 0.3) is 21.9 Å². The summed E-state index contributed by atoms with van der Waals surface area (Å²) in [7, 11) is 0. The number of benzene rings is 1. The van der Waals surface area contributed by atoms with Crippen LogP contribution in [0.15, 0.2) is 30.4 Å². The first-order valence-corrected chi connectivity index (χ1v) is 26.3. The highest BCUT2D eigenvalue weighted by molar-refractivity contribution is 6.12. The summed E-state index contributed by atoms with van der Waals surface area (Å²) >= 11 is 0. The summed E-state index contributed by atoms with van der Waals surface area (Å²) in [6.45, 7) is 15.5. The zero-order valence-corrected chi connectivity index (χ0v) is 44.2. The predicted octanol–water partition coefficient (Wildman–Crippen LogP) is 1.12. The molecular weight excluding hydrogens is 977 g/mol. The molecule has 0 bridgehead atoms. The highest BCUT2D eigenvalue weighted by Gasteiger charge is 2.28. The van der Waals surface area contributed by atoms with E-state index in [1.165, 1.54) is 12.2 Å². The normalized spacial score (nSPS) is 14.4. The molecule has 0 radical (unpaired) electrons. The number of amides is 4. The number of imide groups is 1. The number of aliphatic hydroxyl groups excluding tert-OH is 2. The zero-order valence-electron chi connectivity index (χ0n) is 44.2. The van der Waals surface area contributed by atoms with E-state index < -0.39 is 5.41 Å². The van der Waals surface area contributed by atoms with Gasteiger partial charge in [-0.15, -0.1) is 0 Å². The van der Waals surface area contributed by atoms with Crippen molar-refractivity contribution >= 4 is 51.4 Å². The van der Waals surface area contributed by atoms with E-state index in [0.29, 0.717) is 155 Å². The van der Waals surface area contributed by atoms with Gasteiger partial charge in [-0.25, -0.2) is 9.97 Å². The number of carbonyl (C=O) groups excluding carboxylic acids is 4. The van der Waals surface area contributed by atoms with E-state index in [1.54, 1.807) is 0 Å². The number of imidazole rings is 1. The van der Waals surface area contributed by atoms with Gasteiger partial charge in [0.05, 0.1) is 137 Å². The predicted molar refractivity (Wildman–Crippen MR) is 278 cm³/mol. The van der Waals surface area contributed by atoms with Gasteiger partial charge in [-0.05, 0) is 44.4 Å². The highest BCUT2D eigenvalue weighted by Crippen LogP contribution is 2.32. The van der Waals surface area contributed by atoms with Crippen LogP contribution in [-0.4, -0.2) is 234 Å². The van der Waals surface area contributed by atoms with E-state index in [-0.39, 0.29) is 69.6 Å². The molecule has 2 aliphatic rings. The third-order valence-electron chi connectivity index (χ3n) is 12.6. The molecule has 4 amide bonds. The number of carbonyl (C=O) groups is 4. The van der Waals surface area contributed by atoms with Crippen LogP contribution >= 0.6 is 0 Å². The number of pyridine rings is 1. The maximum Gasteiger partial charge on any atom is 0.253 e. The summed E-state index contributed by atoms with van der Waals surface area (Å²) in [6, 6.07) is 6.24. The average Bonchev–Trinajstić information content (AvgIpc) is 3.97. The molecule has 23 nitrogen and oxygen atoms in total. The second-order valence-corrected chi connectivity index (χ2v) is 18.5. The van der Waals surface area contributed by atoms with Gasteiger partial charge in [0.1, 0.15) is 17.9 Å².